The number of anilines is 3. The fourth-order valence-corrected chi connectivity index (χ4v) is 3.73. The minimum Gasteiger partial charge on any atom is -0.449 e. The number of fused-ring (bicyclic) bond motifs is 1. The summed E-state index contributed by atoms with van der Waals surface area (Å²) in [6.45, 7) is 3.37. The van der Waals surface area contributed by atoms with Gasteiger partial charge in [0.1, 0.15) is 6.54 Å². The molecule has 0 spiro atoms. The van der Waals surface area contributed by atoms with E-state index in [9.17, 15) is 14.4 Å². The number of hydrogen-bond acceptors (Lipinski definition) is 5. The second-order valence-corrected chi connectivity index (χ2v) is 7.28. The van der Waals surface area contributed by atoms with Crippen LogP contribution in [0.25, 0.3) is 0 Å². The zero-order valence-corrected chi connectivity index (χ0v) is 16.3. The van der Waals surface area contributed by atoms with Gasteiger partial charge in [0.15, 0.2) is 6.10 Å². The third kappa shape index (κ3) is 3.94. The Balaban J connectivity index is 1.47. The molecular weight excluding hydrogens is 370 g/mol. The third-order valence-electron chi connectivity index (χ3n) is 5.22. The molecule has 1 N–H and O–H groups in total. The van der Waals surface area contributed by atoms with Crippen molar-refractivity contribution in [2.75, 3.05) is 34.8 Å². The van der Waals surface area contributed by atoms with E-state index in [2.05, 4.69) is 10.2 Å². The number of carbonyl (C=O) groups excluding carboxylic acids is 3. The van der Waals surface area contributed by atoms with Crippen molar-refractivity contribution in [1.29, 1.82) is 0 Å². The predicted octanol–water partition coefficient (Wildman–Crippen LogP) is 2.82. The molecule has 2 amide bonds. The van der Waals surface area contributed by atoms with Gasteiger partial charge in [0, 0.05) is 18.8 Å². The predicted molar refractivity (Wildman–Crippen MR) is 110 cm³/mol. The molecule has 1 atom stereocenters. The molecule has 2 aromatic rings. The molecule has 2 aromatic carbocycles. The van der Waals surface area contributed by atoms with Gasteiger partial charge >= 0.3 is 5.97 Å². The lowest BCUT2D eigenvalue weighted by atomic mass is 10.1. The Hall–Kier alpha value is -3.35. The van der Waals surface area contributed by atoms with E-state index in [0.29, 0.717) is 16.9 Å². The van der Waals surface area contributed by atoms with Crippen LogP contribution in [0.1, 0.15) is 30.1 Å². The van der Waals surface area contributed by atoms with Crippen LogP contribution in [0, 0.1) is 0 Å². The van der Waals surface area contributed by atoms with Crippen LogP contribution < -0.4 is 15.1 Å². The number of amides is 2. The lowest BCUT2D eigenvalue weighted by molar-refractivity contribution is -0.128. The average Bonchev–Trinajstić information content (AvgIpc) is 3.27. The second-order valence-electron chi connectivity index (χ2n) is 7.28. The van der Waals surface area contributed by atoms with E-state index in [0.717, 1.165) is 31.6 Å². The molecule has 0 aliphatic carbocycles. The first-order valence-corrected chi connectivity index (χ1v) is 9.79. The molecule has 2 aliphatic heterocycles. The van der Waals surface area contributed by atoms with Crippen molar-refractivity contribution in [2.45, 2.75) is 25.9 Å². The fourth-order valence-electron chi connectivity index (χ4n) is 3.73. The number of ether oxygens (including phenoxy) is 1. The highest BCUT2D eigenvalue weighted by Gasteiger charge is 2.31. The summed E-state index contributed by atoms with van der Waals surface area (Å²) in [5.74, 6) is -1.27. The summed E-state index contributed by atoms with van der Waals surface area (Å²) in [7, 11) is 0. The Kier molecular flexibility index (Phi) is 5.20. The Labute approximate surface area is 169 Å². The van der Waals surface area contributed by atoms with Crippen LogP contribution in [0.5, 0.6) is 0 Å². The fraction of sp³-hybridized carbons (Fsp3) is 0.318. The Morgan fingerprint density at radius 3 is 2.62 bits per heavy atom. The van der Waals surface area contributed by atoms with Gasteiger partial charge in [0.05, 0.1) is 16.9 Å². The highest BCUT2D eigenvalue weighted by Crippen LogP contribution is 2.29. The number of nitrogens with one attached hydrogen (secondary N) is 1. The number of para-hydroxylation sites is 2. The normalized spacial score (nSPS) is 16.8. The number of nitrogens with zero attached hydrogens (tertiary/aromatic N) is 2. The number of esters is 1. The van der Waals surface area contributed by atoms with E-state index in [1.807, 2.05) is 12.1 Å². The number of rotatable bonds is 4. The molecule has 1 fully saturated rings. The average molecular weight is 393 g/mol. The van der Waals surface area contributed by atoms with Gasteiger partial charge in [0.2, 0.25) is 5.91 Å². The molecule has 1 saturated heterocycles. The number of hydrogen-bond donors (Lipinski definition) is 1. The van der Waals surface area contributed by atoms with Crippen molar-refractivity contribution in [3.63, 3.8) is 0 Å². The smallest absolute Gasteiger partial charge is 0.338 e. The monoisotopic (exact) mass is 393 g/mol. The van der Waals surface area contributed by atoms with Crippen molar-refractivity contribution < 1.29 is 19.1 Å². The molecule has 0 radical (unpaired) electrons. The molecule has 0 saturated carbocycles. The van der Waals surface area contributed by atoms with E-state index in [1.165, 1.54) is 11.8 Å². The standard InChI is InChI=1S/C22H23N3O4/c1-15(21(27)25-14-20(26)23-18-9-2-3-10-19(18)25)29-22(28)16-7-6-8-17(13-16)24-11-4-5-12-24/h2-3,6-10,13,15H,4-5,11-12,14H2,1H3,(H,23,26). The minimum absolute atomic E-state index is 0.109. The summed E-state index contributed by atoms with van der Waals surface area (Å²) in [6, 6.07) is 14.3. The largest absolute Gasteiger partial charge is 0.449 e. The second kappa shape index (κ2) is 7.95. The van der Waals surface area contributed by atoms with Gasteiger partial charge in [-0.3, -0.25) is 14.5 Å². The van der Waals surface area contributed by atoms with Crippen LogP contribution >= 0.6 is 0 Å². The summed E-state index contributed by atoms with van der Waals surface area (Å²) in [5, 5.41) is 2.74. The maximum absolute atomic E-state index is 12.9. The first-order chi connectivity index (χ1) is 14.0. The molecule has 1 unspecified atom stereocenters. The number of benzene rings is 2. The maximum Gasteiger partial charge on any atom is 0.338 e. The molecule has 29 heavy (non-hydrogen) atoms. The van der Waals surface area contributed by atoms with Gasteiger partial charge in [-0.15, -0.1) is 0 Å². The molecule has 2 heterocycles. The lowest BCUT2D eigenvalue weighted by Crippen LogP contribution is -2.47. The molecule has 4 rings (SSSR count). The van der Waals surface area contributed by atoms with Crippen LogP contribution in [0.3, 0.4) is 0 Å². The molecule has 150 valence electrons. The van der Waals surface area contributed by atoms with Crippen molar-refractivity contribution >= 4 is 34.8 Å². The first kappa shape index (κ1) is 19.0. The van der Waals surface area contributed by atoms with Crippen LogP contribution in [-0.4, -0.2) is 43.5 Å². The van der Waals surface area contributed by atoms with Crippen molar-refractivity contribution in [1.82, 2.24) is 0 Å². The van der Waals surface area contributed by atoms with Crippen LogP contribution in [-0.2, 0) is 14.3 Å². The lowest BCUT2D eigenvalue weighted by Gasteiger charge is -2.30. The highest BCUT2D eigenvalue weighted by atomic mass is 16.5. The van der Waals surface area contributed by atoms with Gasteiger partial charge in [-0.2, -0.15) is 0 Å². The molecule has 7 heteroatoms. The van der Waals surface area contributed by atoms with Crippen molar-refractivity contribution in [2.24, 2.45) is 0 Å². The van der Waals surface area contributed by atoms with E-state index < -0.39 is 18.0 Å². The maximum atomic E-state index is 12.9. The van der Waals surface area contributed by atoms with Gasteiger partial charge < -0.3 is 15.0 Å². The van der Waals surface area contributed by atoms with Crippen molar-refractivity contribution in [3.05, 3.63) is 54.1 Å². The Morgan fingerprint density at radius 2 is 1.83 bits per heavy atom. The van der Waals surface area contributed by atoms with Crippen LogP contribution in [0.4, 0.5) is 17.1 Å². The molecule has 0 bridgehead atoms. The number of carbonyl (C=O) groups is 3. The summed E-state index contributed by atoms with van der Waals surface area (Å²) in [6.07, 6.45) is 1.27. The quantitative estimate of drug-likeness (QED) is 0.808. The van der Waals surface area contributed by atoms with Crippen molar-refractivity contribution in [3.8, 4) is 0 Å². The third-order valence-corrected chi connectivity index (χ3v) is 5.22. The van der Waals surface area contributed by atoms with Gasteiger partial charge in [-0.25, -0.2) is 4.79 Å². The van der Waals surface area contributed by atoms with Gasteiger partial charge in [-0.1, -0.05) is 18.2 Å². The molecule has 2 aliphatic rings. The van der Waals surface area contributed by atoms with Crippen LogP contribution in [0.2, 0.25) is 0 Å². The molecular formula is C22H23N3O4. The summed E-state index contributed by atoms with van der Waals surface area (Å²) < 4.78 is 5.44. The molecule has 0 aromatic heterocycles. The van der Waals surface area contributed by atoms with E-state index in [-0.39, 0.29) is 12.5 Å². The Bertz CT molecular complexity index is 953. The SMILES string of the molecule is CC(OC(=O)c1cccc(N2CCCC2)c1)C(=O)N1CC(=O)Nc2ccccc21. The zero-order valence-electron chi connectivity index (χ0n) is 16.3. The topological polar surface area (TPSA) is 79.0 Å². The minimum atomic E-state index is -1.02. The van der Waals surface area contributed by atoms with Gasteiger partial charge in [0.25, 0.3) is 5.91 Å². The molecule has 7 nitrogen and oxygen atoms in total. The van der Waals surface area contributed by atoms with Crippen LogP contribution in [0.15, 0.2) is 48.5 Å². The van der Waals surface area contributed by atoms with E-state index in [4.69, 9.17) is 4.74 Å². The first-order valence-electron chi connectivity index (χ1n) is 9.79. The summed E-state index contributed by atoms with van der Waals surface area (Å²) >= 11 is 0. The zero-order chi connectivity index (χ0) is 20.4. The Morgan fingerprint density at radius 1 is 1.07 bits per heavy atom. The van der Waals surface area contributed by atoms with E-state index in [1.54, 1.807) is 36.4 Å². The summed E-state index contributed by atoms with van der Waals surface area (Å²) in [5.41, 5.74) is 2.55. The van der Waals surface area contributed by atoms with E-state index >= 15 is 0 Å². The van der Waals surface area contributed by atoms with Gasteiger partial charge in [-0.05, 0) is 50.1 Å². The summed E-state index contributed by atoms with van der Waals surface area (Å²) in [4.78, 5) is 41.1. The highest BCUT2D eigenvalue weighted by molar-refractivity contribution is 6.11.